The predicted molar refractivity (Wildman–Crippen MR) is 145 cm³/mol. The van der Waals surface area contributed by atoms with Crippen LogP contribution in [0.2, 0.25) is 0 Å². The minimum absolute atomic E-state index is 0.0724. The molecule has 2 radical (unpaired) electrons. The highest BCUT2D eigenvalue weighted by Gasteiger charge is 2.25. The molecule has 0 spiro atoms. The van der Waals surface area contributed by atoms with Crippen molar-refractivity contribution in [2.75, 3.05) is 31.6 Å². The number of hydroxylamine groups is 1. The Balaban J connectivity index is 1.37. The summed E-state index contributed by atoms with van der Waals surface area (Å²) in [4.78, 5) is 25.5. The minimum atomic E-state index is -0.562. The Hall–Kier alpha value is -2.91. The van der Waals surface area contributed by atoms with E-state index in [0.717, 1.165) is 37.8 Å². The smallest absolute Gasteiger partial charge is 0.277 e. The van der Waals surface area contributed by atoms with Crippen LogP contribution in [0.3, 0.4) is 0 Å². The first kappa shape index (κ1) is 25.7. The fourth-order valence-corrected chi connectivity index (χ4v) is 4.96. The first-order valence-corrected chi connectivity index (χ1v) is 13.4. The Kier molecular flexibility index (Phi) is 8.10. The van der Waals surface area contributed by atoms with E-state index in [1.165, 1.54) is 32.4 Å². The largest absolute Gasteiger partial charge is 0.352 e. The number of fused-ring (bicyclic) bond motifs is 1. The maximum absolute atomic E-state index is 15.9. The summed E-state index contributed by atoms with van der Waals surface area (Å²) in [5, 5.41) is 3.12. The van der Waals surface area contributed by atoms with Gasteiger partial charge in [-0.05, 0) is 88.7 Å². The van der Waals surface area contributed by atoms with Gasteiger partial charge in [0.2, 0.25) is 0 Å². The van der Waals surface area contributed by atoms with Gasteiger partial charge in [-0.1, -0.05) is 24.0 Å². The van der Waals surface area contributed by atoms with Crippen LogP contribution in [0.15, 0.2) is 30.6 Å². The van der Waals surface area contributed by atoms with Crippen LogP contribution in [0.1, 0.15) is 60.9 Å². The van der Waals surface area contributed by atoms with Crippen LogP contribution in [0.5, 0.6) is 0 Å². The predicted octanol–water partition coefficient (Wildman–Crippen LogP) is 4.36. The number of likely N-dealkylation sites (tertiary alicyclic amines) is 1. The Bertz CT molecular complexity index is 1250. The lowest BCUT2D eigenvalue weighted by Gasteiger charge is -2.26. The molecule has 3 aromatic rings. The zero-order valence-electron chi connectivity index (χ0n) is 21.6. The topological polar surface area (TPSA) is 71.4 Å². The van der Waals surface area contributed by atoms with Crippen molar-refractivity contribution in [3.05, 3.63) is 47.5 Å². The van der Waals surface area contributed by atoms with E-state index in [9.17, 15) is 4.79 Å². The molecule has 2 aromatic carbocycles. The number of aryl methyl sites for hydroxylation is 2. The van der Waals surface area contributed by atoms with E-state index in [4.69, 9.17) is 12.7 Å². The average molecular weight is 503 g/mol. The van der Waals surface area contributed by atoms with Crippen LogP contribution in [-0.2, 0) is 11.4 Å². The molecule has 1 aliphatic heterocycles. The van der Waals surface area contributed by atoms with Crippen molar-refractivity contribution in [1.29, 1.82) is 0 Å². The molecular formula is C28H35BFN5O2. The molecule has 0 bridgehead atoms. The number of unbranched alkanes of at least 4 members (excludes halogenated alkanes) is 1. The van der Waals surface area contributed by atoms with Gasteiger partial charge in [-0.15, -0.1) is 0 Å². The Morgan fingerprint density at radius 1 is 1.16 bits per heavy atom. The summed E-state index contributed by atoms with van der Waals surface area (Å²) in [6.07, 6.45) is 9.81. The van der Waals surface area contributed by atoms with Crippen molar-refractivity contribution in [2.45, 2.75) is 58.4 Å². The number of piperidine rings is 1. The number of halogens is 1. The van der Waals surface area contributed by atoms with E-state index in [-0.39, 0.29) is 16.8 Å². The maximum Gasteiger partial charge on any atom is 0.277 e. The van der Waals surface area contributed by atoms with Gasteiger partial charge < -0.3 is 14.8 Å². The summed E-state index contributed by atoms with van der Waals surface area (Å²) in [5.41, 5.74) is 5.72. The fraction of sp³-hybridized carbons (Fsp3) is 0.500. The summed E-state index contributed by atoms with van der Waals surface area (Å²) in [5.74, 6) is -0.566. The van der Waals surface area contributed by atoms with E-state index >= 15 is 4.39 Å². The summed E-state index contributed by atoms with van der Waals surface area (Å²) >= 11 is 0. The molecule has 2 heterocycles. The van der Waals surface area contributed by atoms with E-state index in [2.05, 4.69) is 20.7 Å². The third-order valence-electron chi connectivity index (χ3n) is 7.36. The van der Waals surface area contributed by atoms with Gasteiger partial charge in [0.1, 0.15) is 13.4 Å². The number of amides is 1. The fourth-order valence-electron chi connectivity index (χ4n) is 4.96. The molecule has 2 aliphatic rings. The zero-order valence-corrected chi connectivity index (χ0v) is 21.6. The van der Waals surface area contributed by atoms with Crippen molar-refractivity contribution in [2.24, 2.45) is 5.92 Å². The Morgan fingerprint density at radius 3 is 2.70 bits per heavy atom. The van der Waals surface area contributed by atoms with Crippen molar-refractivity contribution in [1.82, 2.24) is 19.9 Å². The highest BCUT2D eigenvalue weighted by atomic mass is 19.1. The summed E-state index contributed by atoms with van der Waals surface area (Å²) in [6, 6.07) is 7.03. The highest BCUT2D eigenvalue weighted by Crippen LogP contribution is 2.32. The normalized spacial score (nSPS) is 16.3. The number of aromatic nitrogens is 2. The maximum atomic E-state index is 15.9. The van der Waals surface area contributed by atoms with Gasteiger partial charge in [-0.25, -0.2) is 14.9 Å². The molecule has 9 heteroatoms. The van der Waals surface area contributed by atoms with Crippen molar-refractivity contribution in [3.8, 4) is 0 Å². The molecule has 1 saturated carbocycles. The van der Waals surface area contributed by atoms with Gasteiger partial charge in [0, 0.05) is 12.2 Å². The van der Waals surface area contributed by atoms with Crippen LogP contribution in [0.25, 0.3) is 11.0 Å². The monoisotopic (exact) mass is 503 g/mol. The second-order valence-electron chi connectivity index (χ2n) is 10.4. The minimum Gasteiger partial charge on any atom is -0.352 e. The number of rotatable bonds is 11. The number of anilines is 2. The van der Waals surface area contributed by atoms with Crippen LogP contribution >= 0.6 is 0 Å². The average Bonchev–Trinajstić information content (AvgIpc) is 3.63. The van der Waals surface area contributed by atoms with Gasteiger partial charge in [-0.2, -0.15) is 0 Å². The van der Waals surface area contributed by atoms with Crippen LogP contribution in [-0.4, -0.2) is 54.4 Å². The molecule has 1 aliphatic carbocycles. The van der Waals surface area contributed by atoms with E-state index in [1.54, 1.807) is 30.6 Å². The summed E-state index contributed by atoms with van der Waals surface area (Å²) < 4.78 is 17.8. The molecule has 5 rings (SSSR count). The molecule has 0 atom stereocenters. The van der Waals surface area contributed by atoms with Crippen LogP contribution < -0.4 is 16.3 Å². The van der Waals surface area contributed by atoms with Crippen molar-refractivity contribution in [3.63, 3.8) is 0 Å². The SMILES string of the molecule is [B]c1ccc(Nc2c(C(=O)NOCC3CC3)cc3c(ncn3CCCCN3CCCCC3)c2F)c(C)c1. The number of hydrogen-bond donors (Lipinski definition) is 2. The number of carbonyl (C=O) groups is 1. The molecule has 7 nitrogen and oxygen atoms in total. The molecular weight excluding hydrogens is 468 g/mol. The molecule has 0 unspecified atom stereocenters. The highest BCUT2D eigenvalue weighted by molar-refractivity contribution is 6.32. The number of nitrogens with zero attached hydrogens (tertiary/aromatic N) is 3. The number of hydrogen-bond acceptors (Lipinski definition) is 5. The van der Waals surface area contributed by atoms with E-state index < -0.39 is 11.7 Å². The molecule has 37 heavy (non-hydrogen) atoms. The number of imidazole rings is 1. The molecule has 2 fully saturated rings. The number of nitrogens with one attached hydrogen (secondary N) is 2. The molecule has 1 saturated heterocycles. The Labute approximate surface area is 219 Å². The lowest BCUT2D eigenvalue weighted by atomic mass is 9.94. The second-order valence-corrected chi connectivity index (χ2v) is 10.4. The quantitative estimate of drug-likeness (QED) is 0.231. The molecule has 2 N–H and O–H groups in total. The Morgan fingerprint density at radius 2 is 1.95 bits per heavy atom. The molecule has 1 aromatic heterocycles. The van der Waals surface area contributed by atoms with E-state index in [1.807, 2.05) is 11.5 Å². The second kappa shape index (κ2) is 11.6. The van der Waals surface area contributed by atoms with Crippen LogP contribution in [0, 0.1) is 18.7 Å². The molecule has 194 valence electrons. The lowest BCUT2D eigenvalue weighted by molar-refractivity contribution is 0.0271. The summed E-state index contributed by atoms with van der Waals surface area (Å²) in [6.45, 7) is 6.51. The first-order valence-electron chi connectivity index (χ1n) is 13.4. The van der Waals surface area contributed by atoms with E-state index in [0.29, 0.717) is 35.7 Å². The zero-order chi connectivity index (χ0) is 25.8. The van der Waals surface area contributed by atoms with Crippen LogP contribution in [0.4, 0.5) is 15.8 Å². The van der Waals surface area contributed by atoms with Gasteiger partial charge >= 0.3 is 0 Å². The molecule has 1 amide bonds. The third-order valence-corrected chi connectivity index (χ3v) is 7.36. The van der Waals surface area contributed by atoms with Gasteiger partial charge in [0.05, 0.1) is 29.7 Å². The number of carbonyl (C=O) groups excluding carboxylic acids is 1. The summed E-state index contributed by atoms with van der Waals surface area (Å²) in [7, 11) is 5.88. The first-order chi connectivity index (χ1) is 18.0. The standard InChI is InChI=1S/C28H35BFN5O2/c1-19-15-21(29)9-10-23(19)32-26-22(28(36)33-37-17-20-7-8-20)16-24-27(25(26)30)31-18-35(24)14-6-5-13-34-11-3-2-4-12-34/h9-10,15-16,18,20,32H,2-8,11-14,17H2,1H3,(H,33,36). The van der Waals surface area contributed by atoms with Gasteiger partial charge in [-0.3, -0.25) is 9.63 Å². The third kappa shape index (κ3) is 6.33. The lowest BCUT2D eigenvalue weighted by Crippen LogP contribution is -2.30. The number of benzene rings is 2. The van der Waals surface area contributed by atoms with Gasteiger partial charge in [0.25, 0.3) is 5.91 Å². The van der Waals surface area contributed by atoms with Crippen molar-refractivity contribution >= 4 is 41.6 Å². The van der Waals surface area contributed by atoms with Gasteiger partial charge in [0.15, 0.2) is 5.82 Å². The van der Waals surface area contributed by atoms with Crippen molar-refractivity contribution < 1.29 is 14.0 Å².